The van der Waals surface area contributed by atoms with Gasteiger partial charge in [0.05, 0.1) is 18.5 Å². The summed E-state index contributed by atoms with van der Waals surface area (Å²) in [5.41, 5.74) is 6.69. The summed E-state index contributed by atoms with van der Waals surface area (Å²) in [5.74, 6) is -1.89. The molecule has 0 fully saturated rings. The van der Waals surface area contributed by atoms with Crippen LogP contribution in [-0.4, -0.2) is 42.5 Å². The minimum absolute atomic E-state index is 0.248. The Morgan fingerprint density at radius 3 is 2.31 bits per heavy atom. The fourth-order valence-corrected chi connectivity index (χ4v) is 3.39. The van der Waals surface area contributed by atoms with E-state index in [0.29, 0.717) is 13.2 Å². The first-order valence-corrected chi connectivity index (χ1v) is 9.87. The first-order valence-electron chi connectivity index (χ1n) is 9.87. The molecule has 4 N–H and O–H groups in total. The first kappa shape index (κ1) is 22.8. The predicted molar refractivity (Wildman–Crippen MR) is 111 cm³/mol. The fraction of sp³-hybridized carbons (Fsp3) is 0.455. The lowest BCUT2D eigenvalue weighted by molar-refractivity contribution is -0.170. The quantitative estimate of drug-likeness (QED) is 0.499. The number of nitrogens with two attached hydrogens (primary N) is 1. The molecule has 0 aliphatic heterocycles. The van der Waals surface area contributed by atoms with E-state index in [1.807, 2.05) is 63.2 Å². The average Bonchev–Trinajstić information content (AvgIpc) is 2.70. The van der Waals surface area contributed by atoms with Gasteiger partial charge in [0.1, 0.15) is 0 Å². The molecule has 0 bridgehead atoms. The van der Waals surface area contributed by atoms with Crippen molar-refractivity contribution in [2.75, 3.05) is 13.2 Å². The van der Waals surface area contributed by atoms with Crippen LogP contribution in [0.2, 0.25) is 0 Å². The van der Waals surface area contributed by atoms with Gasteiger partial charge in [-0.2, -0.15) is 0 Å². The van der Waals surface area contributed by atoms with Crippen LogP contribution < -0.4 is 11.1 Å². The molecule has 7 nitrogen and oxygen atoms in total. The highest BCUT2D eigenvalue weighted by molar-refractivity contribution is 5.89. The third kappa shape index (κ3) is 6.00. The summed E-state index contributed by atoms with van der Waals surface area (Å²) in [7, 11) is 0. The summed E-state index contributed by atoms with van der Waals surface area (Å²) in [4.78, 5) is 23.6. The van der Waals surface area contributed by atoms with Crippen LogP contribution in [0.1, 0.15) is 38.8 Å². The molecule has 0 aromatic heterocycles. The Kier molecular flexibility index (Phi) is 8.57. The van der Waals surface area contributed by atoms with Gasteiger partial charge >= 0.3 is 5.97 Å². The molecule has 0 aliphatic carbocycles. The molecule has 3 atom stereocenters. The van der Waals surface area contributed by atoms with Gasteiger partial charge in [-0.3, -0.25) is 9.59 Å². The van der Waals surface area contributed by atoms with Crippen molar-refractivity contribution in [2.24, 2.45) is 11.7 Å². The lowest BCUT2D eigenvalue weighted by Gasteiger charge is -2.32. The van der Waals surface area contributed by atoms with Gasteiger partial charge < -0.3 is 25.6 Å². The number of benzene rings is 2. The molecule has 0 saturated heterocycles. The van der Waals surface area contributed by atoms with Gasteiger partial charge in [0, 0.05) is 19.1 Å². The number of carbonyl (C=O) groups is 2. The highest BCUT2D eigenvalue weighted by atomic mass is 16.7. The maximum Gasteiger partial charge on any atom is 0.305 e. The van der Waals surface area contributed by atoms with Crippen LogP contribution in [0.4, 0.5) is 0 Å². The molecule has 2 rings (SSSR count). The third-order valence-corrected chi connectivity index (χ3v) is 4.80. The van der Waals surface area contributed by atoms with Crippen molar-refractivity contribution >= 4 is 22.6 Å². The van der Waals surface area contributed by atoms with Crippen molar-refractivity contribution in [2.45, 2.75) is 45.6 Å². The van der Waals surface area contributed by atoms with Gasteiger partial charge in [-0.25, -0.2) is 0 Å². The summed E-state index contributed by atoms with van der Waals surface area (Å²) in [6.07, 6.45) is -0.979. The summed E-state index contributed by atoms with van der Waals surface area (Å²) in [6, 6.07) is 12.1. The van der Waals surface area contributed by atoms with E-state index < -0.39 is 36.7 Å². The molecule has 0 spiro atoms. The van der Waals surface area contributed by atoms with Gasteiger partial charge in [0.15, 0.2) is 6.29 Å². The minimum Gasteiger partial charge on any atom is -0.481 e. The van der Waals surface area contributed by atoms with E-state index in [9.17, 15) is 9.59 Å². The van der Waals surface area contributed by atoms with Crippen LogP contribution in [0.15, 0.2) is 42.5 Å². The Morgan fingerprint density at radius 1 is 1.07 bits per heavy atom. The zero-order valence-corrected chi connectivity index (χ0v) is 17.1. The van der Waals surface area contributed by atoms with Gasteiger partial charge in [0.2, 0.25) is 5.91 Å². The molecule has 2 aromatic carbocycles. The van der Waals surface area contributed by atoms with E-state index in [4.69, 9.17) is 20.3 Å². The van der Waals surface area contributed by atoms with E-state index >= 15 is 0 Å². The predicted octanol–water partition coefficient (Wildman–Crippen LogP) is 2.83. The smallest absolute Gasteiger partial charge is 0.305 e. The van der Waals surface area contributed by atoms with Crippen LogP contribution in [0.25, 0.3) is 10.8 Å². The summed E-state index contributed by atoms with van der Waals surface area (Å²) >= 11 is 0. The molecule has 0 heterocycles. The van der Waals surface area contributed by atoms with Gasteiger partial charge in [-0.05, 0) is 30.2 Å². The van der Waals surface area contributed by atoms with Crippen LogP contribution in [-0.2, 0) is 19.1 Å². The largest absolute Gasteiger partial charge is 0.481 e. The molecule has 2 unspecified atom stereocenters. The molecule has 29 heavy (non-hydrogen) atoms. The fourth-order valence-electron chi connectivity index (χ4n) is 3.39. The molecule has 0 aliphatic rings. The molecule has 1 amide bonds. The van der Waals surface area contributed by atoms with Crippen LogP contribution >= 0.6 is 0 Å². The molecular formula is C22H30N2O5. The number of nitrogens with one attached hydrogen (secondary N) is 1. The number of carbonyl (C=O) groups excluding carboxylic acids is 1. The summed E-state index contributed by atoms with van der Waals surface area (Å²) in [5, 5.41) is 13.9. The normalized spacial score (nSPS) is 14.5. The summed E-state index contributed by atoms with van der Waals surface area (Å²) in [6.45, 7) is 6.62. The monoisotopic (exact) mass is 402 g/mol. The van der Waals surface area contributed by atoms with Crippen molar-refractivity contribution in [1.82, 2.24) is 5.32 Å². The summed E-state index contributed by atoms with van der Waals surface area (Å²) < 4.78 is 11.5. The molecule has 0 radical (unpaired) electrons. The SMILES string of the molecule is CCOC(OCC)[C@@H](C)C(NC(=O)C(N)CC(=O)O)c1cccc2ccccc12. The lowest BCUT2D eigenvalue weighted by Crippen LogP contribution is -2.46. The average molecular weight is 402 g/mol. The molecule has 0 saturated carbocycles. The highest BCUT2D eigenvalue weighted by Gasteiger charge is 2.32. The second-order valence-corrected chi connectivity index (χ2v) is 6.90. The maximum atomic E-state index is 12.7. The highest BCUT2D eigenvalue weighted by Crippen LogP contribution is 2.32. The number of carboxylic acid groups (broad SMARTS) is 1. The molecular weight excluding hydrogens is 372 g/mol. The number of carboxylic acids is 1. The van der Waals surface area contributed by atoms with E-state index in [1.54, 1.807) is 0 Å². The third-order valence-electron chi connectivity index (χ3n) is 4.80. The van der Waals surface area contributed by atoms with E-state index in [2.05, 4.69) is 5.32 Å². The Balaban J connectivity index is 2.44. The zero-order chi connectivity index (χ0) is 21.4. The molecule has 158 valence electrons. The standard InChI is InChI=1S/C22H30N2O5/c1-4-28-22(29-5-2)14(3)20(24-21(27)18(23)13-19(25)26)17-12-8-10-15-9-6-7-11-16(15)17/h6-12,14,18,20,22H,4-5,13,23H2,1-3H3,(H,24,27)(H,25,26)/t14-,18?,20?/m0/s1. The number of hydrogen-bond donors (Lipinski definition) is 3. The maximum absolute atomic E-state index is 12.7. The number of rotatable bonds is 11. The van der Waals surface area contributed by atoms with Crippen LogP contribution in [0.5, 0.6) is 0 Å². The van der Waals surface area contributed by atoms with Crippen molar-refractivity contribution in [3.63, 3.8) is 0 Å². The second kappa shape index (κ2) is 10.9. The second-order valence-electron chi connectivity index (χ2n) is 6.90. The number of hydrogen-bond acceptors (Lipinski definition) is 5. The van der Waals surface area contributed by atoms with Crippen molar-refractivity contribution in [3.05, 3.63) is 48.0 Å². The topological polar surface area (TPSA) is 111 Å². The number of ether oxygens (including phenoxy) is 2. The van der Waals surface area contributed by atoms with Gasteiger partial charge in [0.25, 0.3) is 0 Å². The van der Waals surface area contributed by atoms with Crippen LogP contribution in [0, 0.1) is 5.92 Å². The van der Waals surface area contributed by atoms with Crippen molar-refractivity contribution in [1.29, 1.82) is 0 Å². The Morgan fingerprint density at radius 2 is 1.69 bits per heavy atom. The minimum atomic E-state index is -1.14. The van der Waals surface area contributed by atoms with E-state index in [-0.39, 0.29) is 5.92 Å². The molecule has 7 heteroatoms. The number of fused-ring (bicyclic) bond motifs is 1. The van der Waals surface area contributed by atoms with Crippen LogP contribution in [0.3, 0.4) is 0 Å². The van der Waals surface area contributed by atoms with Crippen molar-refractivity contribution < 1.29 is 24.2 Å². The first-order chi connectivity index (χ1) is 13.9. The van der Waals surface area contributed by atoms with Gasteiger partial charge in [-0.15, -0.1) is 0 Å². The number of aliphatic carboxylic acids is 1. The zero-order valence-electron chi connectivity index (χ0n) is 17.1. The van der Waals surface area contributed by atoms with E-state index in [0.717, 1.165) is 16.3 Å². The van der Waals surface area contributed by atoms with Gasteiger partial charge in [-0.1, -0.05) is 49.4 Å². The Hall–Kier alpha value is -2.48. The Labute approximate surface area is 171 Å². The number of amides is 1. The van der Waals surface area contributed by atoms with Crippen molar-refractivity contribution in [3.8, 4) is 0 Å². The molecule has 2 aromatic rings. The Bertz CT molecular complexity index is 814. The lowest BCUT2D eigenvalue weighted by atomic mass is 9.89. The van der Waals surface area contributed by atoms with E-state index in [1.165, 1.54) is 0 Å².